The van der Waals surface area contributed by atoms with Crippen LogP contribution < -0.4 is 15.8 Å². The molecule has 0 bridgehead atoms. The smallest absolute Gasteiger partial charge is 0.280 e. The Balaban J connectivity index is 1.31. The molecule has 2 aliphatic heterocycles. The number of aromatic amines is 1. The van der Waals surface area contributed by atoms with E-state index in [1.165, 1.54) is 21.7 Å². The second kappa shape index (κ2) is 9.71. The van der Waals surface area contributed by atoms with Gasteiger partial charge in [0.15, 0.2) is 0 Å². The second-order valence-electron chi connectivity index (χ2n) is 9.22. The number of piperidine rings is 1. The lowest BCUT2D eigenvalue weighted by Gasteiger charge is -2.33. The molecule has 0 saturated carbocycles. The second-order valence-corrected chi connectivity index (χ2v) is 10.1. The van der Waals surface area contributed by atoms with Crippen LogP contribution in [0.3, 0.4) is 0 Å². The van der Waals surface area contributed by atoms with Crippen LogP contribution in [0.1, 0.15) is 54.9 Å². The fourth-order valence-electron chi connectivity index (χ4n) is 4.89. The number of anilines is 2. The van der Waals surface area contributed by atoms with E-state index in [0.29, 0.717) is 34.6 Å². The van der Waals surface area contributed by atoms with Crippen LogP contribution in [-0.2, 0) is 9.59 Å². The number of hydrogen-bond donors (Lipinski definition) is 2. The third kappa shape index (κ3) is 4.64. The number of H-pyrrole nitrogens is 1. The number of aromatic nitrogens is 3. The molecule has 5 rings (SSSR count). The van der Waals surface area contributed by atoms with E-state index in [4.69, 9.17) is 27.7 Å². The molecule has 11 nitrogen and oxygen atoms in total. The Hall–Kier alpha value is -3.57. The van der Waals surface area contributed by atoms with Crippen molar-refractivity contribution >= 4 is 52.6 Å². The van der Waals surface area contributed by atoms with Gasteiger partial charge in [-0.05, 0) is 44.9 Å². The van der Waals surface area contributed by atoms with E-state index < -0.39 is 18.0 Å². The van der Waals surface area contributed by atoms with Crippen molar-refractivity contribution in [2.75, 3.05) is 18.0 Å². The summed E-state index contributed by atoms with van der Waals surface area (Å²) in [5, 5.41) is 5.73. The Labute approximate surface area is 221 Å². The topological polar surface area (TPSA) is 134 Å². The first-order valence-electron chi connectivity index (χ1n) is 11.8. The van der Waals surface area contributed by atoms with Crippen molar-refractivity contribution in [2.45, 2.75) is 44.7 Å². The van der Waals surface area contributed by atoms with Crippen LogP contribution in [0.15, 0.2) is 39.8 Å². The van der Waals surface area contributed by atoms with Gasteiger partial charge in [0.1, 0.15) is 23.5 Å². The SMILES string of the molecule is CC(NC(=O)c1cnc2n1[C@@H](C)C(=O)N2c1cc(Cl)cc(Cl)c1)C(=O)N1CCCC(c2cc(=O)[nH]o2)C1. The number of imidazole rings is 1. The first-order valence-corrected chi connectivity index (χ1v) is 12.5. The van der Waals surface area contributed by atoms with Gasteiger partial charge in [0, 0.05) is 35.1 Å². The van der Waals surface area contributed by atoms with Crippen molar-refractivity contribution in [1.82, 2.24) is 24.9 Å². The van der Waals surface area contributed by atoms with E-state index >= 15 is 0 Å². The molecule has 13 heteroatoms. The van der Waals surface area contributed by atoms with Crippen LogP contribution in [0.4, 0.5) is 11.6 Å². The summed E-state index contributed by atoms with van der Waals surface area (Å²) in [7, 11) is 0. The first-order chi connectivity index (χ1) is 17.6. The summed E-state index contributed by atoms with van der Waals surface area (Å²) in [6, 6.07) is 4.60. The number of carbonyl (C=O) groups excluding carboxylic acids is 3. The maximum absolute atomic E-state index is 13.2. The summed E-state index contributed by atoms with van der Waals surface area (Å²) in [5.41, 5.74) is 0.265. The summed E-state index contributed by atoms with van der Waals surface area (Å²) >= 11 is 12.2. The molecule has 2 unspecified atom stereocenters. The van der Waals surface area contributed by atoms with E-state index in [-0.39, 0.29) is 34.9 Å². The lowest BCUT2D eigenvalue weighted by atomic mass is 9.95. The number of amides is 3. The Morgan fingerprint density at radius 3 is 2.59 bits per heavy atom. The third-order valence-corrected chi connectivity index (χ3v) is 7.11. The number of fused-ring (bicyclic) bond motifs is 1. The number of nitrogens with zero attached hydrogens (tertiary/aromatic N) is 4. The lowest BCUT2D eigenvalue weighted by Crippen LogP contribution is -2.50. The zero-order valence-electron chi connectivity index (χ0n) is 20.0. The zero-order chi connectivity index (χ0) is 26.4. The van der Waals surface area contributed by atoms with Crippen LogP contribution in [0.5, 0.6) is 0 Å². The average Bonchev–Trinajstić information content (AvgIpc) is 3.54. The Kier molecular flexibility index (Phi) is 6.59. The fraction of sp³-hybridized carbons (Fsp3) is 0.375. The maximum atomic E-state index is 13.2. The minimum Gasteiger partial charge on any atom is -0.383 e. The summed E-state index contributed by atoms with van der Waals surface area (Å²) < 4.78 is 6.74. The summed E-state index contributed by atoms with van der Waals surface area (Å²) in [6.07, 6.45) is 2.90. The van der Waals surface area contributed by atoms with E-state index in [1.807, 2.05) is 0 Å². The molecular weight excluding hydrogens is 523 g/mol. The maximum Gasteiger partial charge on any atom is 0.280 e. The Morgan fingerprint density at radius 1 is 1.19 bits per heavy atom. The van der Waals surface area contributed by atoms with Crippen molar-refractivity contribution < 1.29 is 18.9 Å². The molecule has 3 atom stereocenters. The van der Waals surface area contributed by atoms with Crippen molar-refractivity contribution in [3.05, 3.63) is 62.3 Å². The van der Waals surface area contributed by atoms with Gasteiger partial charge in [-0.25, -0.2) is 9.88 Å². The number of likely N-dealkylation sites (tertiary alicyclic amines) is 1. The van der Waals surface area contributed by atoms with Crippen molar-refractivity contribution in [3.63, 3.8) is 0 Å². The molecule has 1 fully saturated rings. The first kappa shape index (κ1) is 25.1. The lowest BCUT2D eigenvalue weighted by molar-refractivity contribution is -0.134. The number of rotatable bonds is 5. The van der Waals surface area contributed by atoms with Crippen molar-refractivity contribution in [2.24, 2.45) is 0 Å². The molecule has 0 radical (unpaired) electrons. The number of benzene rings is 1. The van der Waals surface area contributed by atoms with Crippen molar-refractivity contribution in [3.8, 4) is 0 Å². The third-order valence-electron chi connectivity index (χ3n) is 6.68. The summed E-state index contributed by atoms with van der Waals surface area (Å²) in [6.45, 7) is 4.19. The van der Waals surface area contributed by atoms with Crippen LogP contribution >= 0.6 is 23.2 Å². The molecule has 2 N–H and O–H groups in total. The fourth-order valence-corrected chi connectivity index (χ4v) is 5.40. The molecule has 194 valence electrons. The molecule has 1 saturated heterocycles. The monoisotopic (exact) mass is 546 g/mol. The van der Waals surface area contributed by atoms with Crippen LogP contribution in [0, 0.1) is 0 Å². The molecule has 0 spiro atoms. The van der Waals surface area contributed by atoms with Crippen molar-refractivity contribution in [1.29, 1.82) is 0 Å². The highest BCUT2D eigenvalue weighted by Gasteiger charge is 2.40. The van der Waals surface area contributed by atoms with Crippen LogP contribution in [0.25, 0.3) is 0 Å². The van der Waals surface area contributed by atoms with Gasteiger partial charge >= 0.3 is 0 Å². The molecule has 37 heavy (non-hydrogen) atoms. The molecule has 1 aromatic carbocycles. The van der Waals surface area contributed by atoms with E-state index in [9.17, 15) is 19.2 Å². The minimum absolute atomic E-state index is 0.101. The zero-order valence-corrected chi connectivity index (χ0v) is 21.5. The minimum atomic E-state index is -0.828. The van der Waals surface area contributed by atoms with Gasteiger partial charge in [0.2, 0.25) is 11.9 Å². The molecule has 3 aromatic rings. The predicted molar refractivity (Wildman–Crippen MR) is 135 cm³/mol. The molecule has 2 aliphatic rings. The van der Waals surface area contributed by atoms with Gasteiger partial charge in [-0.2, -0.15) is 5.16 Å². The predicted octanol–water partition coefficient (Wildman–Crippen LogP) is 3.24. The van der Waals surface area contributed by atoms with Gasteiger partial charge in [-0.1, -0.05) is 23.2 Å². The molecular formula is C24H24Cl2N6O5. The molecule has 4 heterocycles. The Morgan fingerprint density at radius 2 is 1.92 bits per heavy atom. The summed E-state index contributed by atoms with van der Waals surface area (Å²) in [5.74, 6) is -0.414. The molecule has 0 aliphatic carbocycles. The number of nitrogens with one attached hydrogen (secondary N) is 2. The quantitative estimate of drug-likeness (QED) is 0.504. The number of carbonyl (C=O) groups is 3. The highest BCUT2D eigenvalue weighted by atomic mass is 35.5. The van der Waals surface area contributed by atoms with Gasteiger partial charge in [-0.3, -0.25) is 23.7 Å². The highest BCUT2D eigenvalue weighted by molar-refractivity contribution is 6.35. The number of hydrogen-bond acceptors (Lipinski definition) is 6. The average molecular weight is 547 g/mol. The van der Waals surface area contributed by atoms with E-state index in [1.54, 1.807) is 36.9 Å². The molecule has 2 aromatic heterocycles. The van der Waals surface area contributed by atoms with Gasteiger partial charge in [-0.15, -0.1) is 0 Å². The van der Waals surface area contributed by atoms with Crippen LogP contribution in [-0.4, -0.2) is 56.5 Å². The van der Waals surface area contributed by atoms with E-state index in [2.05, 4.69) is 15.5 Å². The van der Waals surface area contributed by atoms with E-state index in [0.717, 1.165) is 12.8 Å². The van der Waals surface area contributed by atoms with Crippen LogP contribution in [0.2, 0.25) is 10.0 Å². The number of halogens is 2. The van der Waals surface area contributed by atoms with Gasteiger partial charge < -0.3 is 14.7 Å². The summed E-state index contributed by atoms with van der Waals surface area (Å²) in [4.78, 5) is 58.1. The Bertz CT molecular complexity index is 1420. The largest absolute Gasteiger partial charge is 0.383 e. The highest BCUT2D eigenvalue weighted by Crippen LogP contribution is 2.38. The normalized spacial score (nSPS) is 20.2. The van der Waals surface area contributed by atoms with Gasteiger partial charge in [0.05, 0.1) is 11.9 Å². The van der Waals surface area contributed by atoms with Gasteiger partial charge in [0.25, 0.3) is 17.4 Å². The standard InChI is InChI=1S/C24H24Cl2N6O5/c1-12(22(35)30-5-3-4-14(11-30)19-9-20(33)29-37-19)28-21(34)18-10-27-24-31(18)13(2)23(36)32(24)17-7-15(25)6-16(26)8-17/h6-10,12-14H,3-5,11H2,1-2H3,(H,28,34)(H,29,33)/t12?,13-,14?/m0/s1. The molecule has 3 amide bonds.